The van der Waals surface area contributed by atoms with E-state index < -0.39 is 107 Å². The number of hydrogen-bond acceptors (Lipinski definition) is 22. The lowest BCUT2D eigenvalue weighted by molar-refractivity contribution is -0.247. The Bertz CT molecular complexity index is 2660. The van der Waals surface area contributed by atoms with Crippen LogP contribution < -0.4 is 31.7 Å². The lowest BCUT2D eigenvalue weighted by Gasteiger charge is -2.42. The number of anilines is 2. The van der Waals surface area contributed by atoms with E-state index in [1.165, 1.54) is 37.4 Å². The molecule has 1 aliphatic heterocycles. The maximum atomic E-state index is 13.6. The van der Waals surface area contributed by atoms with Crippen LogP contribution >= 0.6 is 0 Å². The molecule has 71 heavy (non-hydrogen) atoms. The molecule has 1 heterocycles. The number of aliphatic hydroxyl groups excluding tert-OH is 4. The Morgan fingerprint density at radius 2 is 1.28 bits per heavy atom. The number of aromatic hydroxyl groups is 4. The van der Waals surface area contributed by atoms with Gasteiger partial charge in [0.2, 0.25) is 17.3 Å². The molecule has 8 rings (SSSR count). The normalized spacial score (nSPS) is 22.0. The van der Waals surface area contributed by atoms with Crippen molar-refractivity contribution in [1.29, 1.82) is 0 Å². The number of phenols is 4. The van der Waals surface area contributed by atoms with E-state index in [1.807, 2.05) is 0 Å². The fourth-order valence-electron chi connectivity index (χ4n) is 9.39. The van der Waals surface area contributed by atoms with Gasteiger partial charge in [-0.2, -0.15) is 0 Å². The van der Waals surface area contributed by atoms with E-state index in [4.69, 9.17) is 30.2 Å². The zero-order chi connectivity index (χ0) is 51.5. The maximum Gasteiger partial charge on any atom is 0.202 e. The van der Waals surface area contributed by atoms with Gasteiger partial charge in [-0.05, 0) is 37.3 Å². The van der Waals surface area contributed by atoms with Crippen molar-refractivity contribution >= 4 is 40.3 Å². The molecule has 4 aliphatic rings. The van der Waals surface area contributed by atoms with E-state index in [-0.39, 0.29) is 81.4 Å². The Morgan fingerprint density at radius 3 is 1.80 bits per heavy atom. The summed E-state index contributed by atoms with van der Waals surface area (Å²) in [5, 5.41) is 104. The molecule has 3 aliphatic carbocycles. The summed E-state index contributed by atoms with van der Waals surface area (Å²) in [7, 11) is 1.32. The smallest absolute Gasteiger partial charge is 0.202 e. The number of methoxy groups -OCH3 is 1. The number of ether oxygens (including phenoxy) is 3. The summed E-state index contributed by atoms with van der Waals surface area (Å²) in [5.41, 5.74) is 3.05. The van der Waals surface area contributed by atoms with Crippen LogP contribution in [0, 0.1) is 0 Å². The number of ketones is 5. The molecule has 6 atom stereocenters. The molecule has 22 heteroatoms. The predicted octanol–water partition coefficient (Wildman–Crippen LogP) is -0.138. The van der Waals surface area contributed by atoms with Crippen LogP contribution in [0.1, 0.15) is 101 Å². The Hall–Kier alpha value is -6.57. The minimum Gasteiger partial charge on any atom is -0.507 e. The maximum absolute atomic E-state index is 13.6. The Balaban J connectivity index is 0.000000213. The lowest BCUT2D eigenvalue weighted by atomic mass is 9.72. The highest BCUT2D eigenvalue weighted by molar-refractivity contribution is 6.34. The fourth-order valence-corrected chi connectivity index (χ4v) is 9.39. The first-order valence-electron chi connectivity index (χ1n) is 22.8. The summed E-state index contributed by atoms with van der Waals surface area (Å²) in [6.07, 6.45) is -5.12. The quantitative estimate of drug-likeness (QED) is 0.0418. The number of nitrogens with one attached hydrogen (secondary N) is 4. The second-order valence-electron chi connectivity index (χ2n) is 17.4. The minimum absolute atomic E-state index is 0.00939. The highest BCUT2D eigenvalue weighted by Gasteiger charge is 2.50. The first kappa shape index (κ1) is 52.3. The first-order chi connectivity index (χ1) is 33.9. The summed E-state index contributed by atoms with van der Waals surface area (Å²) in [6.45, 7) is 3.37. The average Bonchev–Trinajstić information content (AvgIpc) is 3.35. The van der Waals surface area contributed by atoms with E-state index in [1.54, 1.807) is 19.1 Å². The van der Waals surface area contributed by atoms with Gasteiger partial charge in [-0.15, -0.1) is 0 Å². The van der Waals surface area contributed by atoms with Crippen LogP contribution in [0.4, 0.5) is 11.4 Å². The lowest BCUT2D eigenvalue weighted by Crippen LogP contribution is -2.53. The van der Waals surface area contributed by atoms with Gasteiger partial charge in [-0.25, -0.2) is 0 Å². The molecule has 4 aromatic rings. The monoisotopic (exact) mass is 987 g/mol. The molecule has 0 spiro atoms. The van der Waals surface area contributed by atoms with Crippen LogP contribution in [-0.4, -0.2) is 171 Å². The summed E-state index contributed by atoms with van der Waals surface area (Å²) < 4.78 is 17.0. The molecule has 15 N–H and O–H groups in total. The number of nitrogens with two attached hydrogens (primary N) is 1. The third-order valence-electron chi connectivity index (χ3n) is 12.9. The largest absolute Gasteiger partial charge is 0.507 e. The van der Waals surface area contributed by atoms with Crippen LogP contribution in [0.2, 0.25) is 0 Å². The third kappa shape index (κ3) is 9.91. The molecule has 0 unspecified atom stereocenters. The van der Waals surface area contributed by atoms with Crippen molar-refractivity contribution < 1.29 is 84.1 Å². The molecule has 0 saturated carbocycles. The van der Waals surface area contributed by atoms with Crippen molar-refractivity contribution in [1.82, 2.24) is 10.6 Å². The average molecular weight is 988 g/mol. The van der Waals surface area contributed by atoms with Crippen molar-refractivity contribution in [3.8, 4) is 28.7 Å². The van der Waals surface area contributed by atoms with Gasteiger partial charge in [-0.1, -0.05) is 12.1 Å². The van der Waals surface area contributed by atoms with Crippen molar-refractivity contribution in [3.05, 3.63) is 98.1 Å². The van der Waals surface area contributed by atoms with Gasteiger partial charge in [0, 0.05) is 92.6 Å². The number of hydrogen-bond donors (Lipinski definition) is 14. The summed E-state index contributed by atoms with van der Waals surface area (Å²) in [6, 6.07) is 9.38. The van der Waals surface area contributed by atoms with E-state index in [0.717, 1.165) is 0 Å². The van der Waals surface area contributed by atoms with Gasteiger partial charge in [0.1, 0.15) is 41.0 Å². The standard InChI is InChI=1S/C27H29NO11.C22H28N4O6/c1-10-22(31)13(28)6-17(38-10)39-15-8-27(36,16(30)9-29)7-12-19(15)26(35)21-20(24(12)33)23(32)11-4-3-5-14(37-2)18(11)25(21)34;27-11-9-23-5-7-25-13-1-2-14(26-8-6-24-10-12-28)18-17(13)21(31)19-15(29)3-4-16(30)20(19)22(18)32/h3-5,10,13,15,17,22,29,31,33,35-36H,6-9,28H2,1-2H3;1-4,23-30H,5-12H2/t10-,13-,15-,17-,22-,27-;/m0./s1. The van der Waals surface area contributed by atoms with Crippen molar-refractivity contribution in [2.45, 2.75) is 62.4 Å². The Kier molecular flexibility index (Phi) is 16.1. The van der Waals surface area contributed by atoms with Gasteiger partial charge in [0.25, 0.3) is 0 Å². The number of phenolic OH excluding ortho intramolecular Hbond substituents is 4. The van der Waals surface area contributed by atoms with Crippen molar-refractivity contribution in [3.63, 3.8) is 0 Å². The van der Waals surface area contributed by atoms with Gasteiger partial charge < -0.3 is 87.2 Å². The van der Waals surface area contributed by atoms with E-state index >= 15 is 0 Å². The zero-order valence-corrected chi connectivity index (χ0v) is 38.8. The summed E-state index contributed by atoms with van der Waals surface area (Å²) in [5.74, 6) is -5.64. The molecular formula is C49H57N5O17. The second kappa shape index (κ2) is 21.8. The minimum atomic E-state index is -2.24. The number of benzene rings is 4. The SMILES string of the molecule is COc1cccc2c1C(=O)c1c(O)c3c(c(O)c1C2=O)C[C@@](O)(C(=O)CO)C[C@@H]3O[C@H]1C[C@H](N)[C@@H](O)[C@H](C)O1.O=C1c2c(O)ccc(O)c2C(=O)c2c(NCCNCCO)ccc(NCCNCCO)c21. The van der Waals surface area contributed by atoms with E-state index in [9.17, 15) is 59.7 Å². The number of aliphatic hydroxyl groups is 5. The molecule has 1 fully saturated rings. The summed E-state index contributed by atoms with van der Waals surface area (Å²) >= 11 is 0. The highest BCUT2D eigenvalue weighted by atomic mass is 16.7. The highest BCUT2D eigenvalue weighted by Crippen LogP contribution is 2.53. The molecule has 0 bridgehead atoms. The zero-order valence-electron chi connectivity index (χ0n) is 38.8. The molecule has 0 aromatic heterocycles. The Labute approximate surface area is 406 Å². The third-order valence-corrected chi connectivity index (χ3v) is 12.9. The van der Waals surface area contributed by atoms with Crippen LogP contribution in [0.5, 0.6) is 28.7 Å². The van der Waals surface area contributed by atoms with Gasteiger partial charge >= 0.3 is 0 Å². The summed E-state index contributed by atoms with van der Waals surface area (Å²) in [4.78, 5) is 66.5. The van der Waals surface area contributed by atoms with Crippen LogP contribution in [-0.2, 0) is 20.7 Å². The Morgan fingerprint density at radius 1 is 0.732 bits per heavy atom. The predicted molar refractivity (Wildman–Crippen MR) is 252 cm³/mol. The number of rotatable bonds is 17. The van der Waals surface area contributed by atoms with Crippen LogP contribution in [0.25, 0.3) is 0 Å². The van der Waals surface area contributed by atoms with E-state index in [2.05, 4.69) is 21.3 Å². The fraction of sp³-hybridized carbons (Fsp3) is 0.408. The topological polar surface area (TPSA) is 369 Å². The van der Waals surface area contributed by atoms with Crippen LogP contribution in [0.15, 0.2) is 42.5 Å². The van der Waals surface area contributed by atoms with Gasteiger partial charge in [-0.3, -0.25) is 24.0 Å². The van der Waals surface area contributed by atoms with E-state index in [0.29, 0.717) is 50.6 Å². The molecule has 4 aromatic carbocycles. The second-order valence-corrected chi connectivity index (χ2v) is 17.4. The molecule has 1 saturated heterocycles. The molecular weight excluding hydrogens is 931 g/mol. The molecule has 0 radical (unpaired) electrons. The van der Waals surface area contributed by atoms with Gasteiger partial charge in [0.15, 0.2) is 17.9 Å². The molecule has 380 valence electrons. The number of Topliss-reactive ketones (excluding diaryl/α,β-unsaturated/α-hetero) is 1. The van der Waals surface area contributed by atoms with Crippen LogP contribution in [0.3, 0.4) is 0 Å². The molecule has 22 nitrogen and oxygen atoms in total. The molecule has 0 amide bonds. The number of fused-ring (bicyclic) bond motifs is 5. The van der Waals surface area contributed by atoms with Crippen molar-refractivity contribution in [2.75, 3.05) is 76.8 Å². The van der Waals surface area contributed by atoms with Gasteiger partial charge in [0.05, 0.1) is 77.6 Å². The van der Waals surface area contributed by atoms with Crippen molar-refractivity contribution in [2.24, 2.45) is 5.73 Å². The number of carbonyl (C=O) groups excluding carboxylic acids is 5. The number of carbonyl (C=O) groups is 5. The first-order valence-corrected chi connectivity index (χ1v) is 22.8.